The van der Waals surface area contributed by atoms with Crippen molar-refractivity contribution in [3.63, 3.8) is 0 Å². The van der Waals surface area contributed by atoms with Gasteiger partial charge in [0, 0.05) is 43.1 Å². The normalized spacial score (nSPS) is 16.2. The van der Waals surface area contributed by atoms with Crippen LogP contribution >= 0.6 is 0 Å². The van der Waals surface area contributed by atoms with Gasteiger partial charge in [-0.3, -0.25) is 9.59 Å². The molecule has 2 rings (SSSR count). The summed E-state index contributed by atoms with van der Waals surface area (Å²) in [6.45, 7) is 10.3. The summed E-state index contributed by atoms with van der Waals surface area (Å²) in [6.07, 6.45) is 1.43. The van der Waals surface area contributed by atoms with Crippen LogP contribution in [0.25, 0.3) is 0 Å². The molecule has 0 aliphatic carbocycles. The molecule has 2 amide bonds. The van der Waals surface area contributed by atoms with Crippen LogP contribution in [-0.4, -0.2) is 43.7 Å². The molecule has 6 nitrogen and oxygen atoms in total. The van der Waals surface area contributed by atoms with Gasteiger partial charge in [0.15, 0.2) is 0 Å². The van der Waals surface area contributed by atoms with Crippen LogP contribution < -0.4 is 15.5 Å². The first-order valence-electron chi connectivity index (χ1n) is 9.48. The van der Waals surface area contributed by atoms with Crippen molar-refractivity contribution in [3.8, 4) is 0 Å². The Kier molecular flexibility index (Phi) is 7.45. The number of rotatable bonds is 7. The Bertz CT molecular complexity index is 595. The SMILES string of the molecule is CCN(c1ccc(NC(=O)[C@@H](C)NC(=O)C2CCOCC2)cc1)C(C)C. The van der Waals surface area contributed by atoms with Crippen LogP contribution in [-0.2, 0) is 14.3 Å². The van der Waals surface area contributed by atoms with E-state index in [9.17, 15) is 9.59 Å². The summed E-state index contributed by atoms with van der Waals surface area (Å²) >= 11 is 0. The summed E-state index contributed by atoms with van der Waals surface area (Å²) in [7, 11) is 0. The Hall–Kier alpha value is -2.08. The van der Waals surface area contributed by atoms with Gasteiger partial charge in [-0.25, -0.2) is 0 Å². The fourth-order valence-electron chi connectivity index (χ4n) is 3.19. The van der Waals surface area contributed by atoms with Gasteiger partial charge in [0.2, 0.25) is 11.8 Å². The van der Waals surface area contributed by atoms with Gasteiger partial charge in [0.05, 0.1) is 0 Å². The summed E-state index contributed by atoms with van der Waals surface area (Å²) in [5.41, 5.74) is 1.85. The van der Waals surface area contributed by atoms with Crippen LogP contribution in [0.5, 0.6) is 0 Å². The standard InChI is InChI=1S/C20H31N3O3/c1-5-23(14(2)3)18-8-6-17(7-9-18)22-19(24)15(4)21-20(25)16-10-12-26-13-11-16/h6-9,14-16H,5,10-13H2,1-4H3,(H,21,25)(H,22,24)/t15-/m1/s1. The topological polar surface area (TPSA) is 70.7 Å². The maximum absolute atomic E-state index is 12.4. The minimum atomic E-state index is -0.576. The number of nitrogens with zero attached hydrogens (tertiary/aromatic N) is 1. The number of hydrogen-bond acceptors (Lipinski definition) is 4. The van der Waals surface area contributed by atoms with E-state index in [-0.39, 0.29) is 17.7 Å². The number of benzene rings is 1. The number of nitrogens with one attached hydrogen (secondary N) is 2. The van der Waals surface area contributed by atoms with E-state index < -0.39 is 6.04 Å². The minimum Gasteiger partial charge on any atom is -0.381 e. The number of ether oxygens (including phenoxy) is 1. The molecule has 1 heterocycles. The molecule has 1 saturated heterocycles. The lowest BCUT2D eigenvalue weighted by atomic mass is 9.99. The first kappa shape index (κ1) is 20.2. The Morgan fingerprint density at radius 3 is 2.31 bits per heavy atom. The largest absolute Gasteiger partial charge is 0.381 e. The van der Waals surface area contributed by atoms with Crippen LogP contribution in [0, 0.1) is 5.92 Å². The molecule has 26 heavy (non-hydrogen) atoms. The molecule has 0 radical (unpaired) electrons. The van der Waals surface area contributed by atoms with E-state index in [2.05, 4.69) is 36.3 Å². The number of anilines is 2. The van der Waals surface area contributed by atoms with Gasteiger partial charge in [-0.2, -0.15) is 0 Å². The van der Waals surface area contributed by atoms with E-state index in [1.807, 2.05) is 24.3 Å². The van der Waals surface area contributed by atoms with Crippen molar-refractivity contribution in [1.82, 2.24) is 5.32 Å². The lowest BCUT2D eigenvalue weighted by molar-refractivity contribution is -0.131. The zero-order valence-corrected chi connectivity index (χ0v) is 16.2. The molecule has 2 N–H and O–H groups in total. The molecule has 1 aromatic rings. The zero-order chi connectivity index (χ0) is 19.1. The Labute approximate surface area is 156 Å². The number of carbonyl (C=O) groups is 2. The van der Waals surface area contributed by atoms with Crippen molar-refractivity contribution in [1.29, 1.82) is 0 Å². The van der Waals surface area contributed by atoms with E-state index in [1.54, 1.807) is 6.92 Å². The molecule has 144 valence electrons. The highest BCUT2D eigenvalue weighted by molar-refractivity contribution is 5.97. The summed E-state index contributed by atoms with van der Waals surface area (Å²) in [4.78, 5) is 26.9. The molecule has 6 heteroatoms. The second kappa shape index (κ2) is 9.57. The summed E-state index contributed by atoms with van der Waals surface area (Å²) < 4.78 is 5.27. The van der Waals surface area contributed by atoms with Gasteiger partial charge in [-0.15, -0.1) is 0 Å². The van der Waals surface area contributed by atoms with E-state index in [1.165, 1.54) is 0 Å². The maximum Gasteiger partial charge on any atom is 0.246 e. The smallest absolute Gasteiger partial charge is 0.246 e. The fourth-order valence-corrected chi connectivity index (χ4v) is 3.19. The summed E-state index contributed by atoms with van der Waals surface area (Å²) in [6, 6.07) is 7.64. The van der Waals surface area contributed by atoms with Crippen molar-refractivity contribution in [2.24, 2.45) is 5.92 Å². The average molecular weight is 361 g/mol. The predicted octanol–water partition coefficient (Wildman–Crippen LogP) is 2.79. The van der Waals surface area contributed by atoms with Crippen molar-refractivity contribution in [3.05, 3.63) is 24.3 Å². The first-order valence-corrected chi connectivity index (χ1v) is 9.48. The van der Waals surface area contributed by atoms with Gasteiger partial charge in [-0.05, 0) is 64.8 Å². The van der Waals surface area contributed by atoms with Crippen LogP contribution in [0.2, 0.25) is 0 Å². The number of carbonyl (C=O) groups excluding carboxylic acids is 2. The van der Waals surface area contributed by atoms with Gasteiger partial charge < -0.3 is 20.3 Å². The van der Waals surface area contributed by atoms with Gasteiger partial charge >= 0.3 is 0 Å². The van der Waals surface area contributed by atoms with Crippen molar-refractivity contribution in [2.75, 3.05) is 30.0 Å². The maximum atomic E-state index is 12.4. The third-order valence-electron chi connectivity index (χ3n) is 4.77. The molecular formula is C20H31N3O3. The zero-order valence-electron chi connectivity index (χ0n) is 16.2. The molecule has 0 saturated carbocycles. The van der Waals surface area contributed by atoms with Crippen LogP contribution in [0.15, 0.2) is 24.3 Å². The molecule has 1 aromatic carbocycles. The molecule has 1 fully saturated rings. The van der Waals surface area contributed by atoms with Gasteiger partial charge in [0.25, 0.3) is 0 Å². The third kappa shape index (κ3) is 5.46. The van der Waals surface area contributed by atoms with E-state index in [4.69, 9.17) is 4.74 Å². The second-order valence-electron chi connectivity index (χ2n) is 7.03. The molecule has 0 spiro atoms. The summed E-state index contributed by atoms with van der Waals surface area (Å²) in [5.74, 6) is -0.342. The van der Waals surface area contributed by atoms with E-state index in [0.717, 1.165) is 17.9 Å². The highest BCUT2D eigenvalue weighted by Gasteiger charge is 2.24. The quantitative estimate of drug-likeness (QED) is 0.783. The average Bonchev–Trinajstić information content (AvgIpc) is 2.64. The molecule has 1 aliphatic heterocycles. The molecular weight excluding hydrogens is 330 g/mol. The lowest BCUT2D eigenvalue weighted by Gasteiger charge is -2.27. The molecule has 1 atom stereocenters. The van der Waals surface area contributed by atoms with Crippen molar-refractivity contribution in [2.45, 2.75) is 52.6 Å². The van der Waals surface area contributed by atoms with Gasteiger partial charge in [-0.1, -0.05) is 0 Å². The molecule has 0 bridgehead atoms. The van der Waals surface area contributed by atoms with Crippen molar-refractivity contribution < 1.29 is 14.3 Å². The fraction of sp³-hybridized carbons (Fsp3) is 0.600. The van der Waals surface area contributed by atoms with Gasteiger partial charge in [0.1, 0.15) is 6.04 Å². The Morgan fingerprint density at radius 2 is 1.77 bits per heavy atom. The third-order valence-corrected chi connectivity index (χ3v) is 4.77. The highest BCUT2D eigenvalue weighted by Crippen LogP contribution is 2.20. The predicted molar refractivity (Wildman–Crippen MR) is 104 cm³/mol. The number of hydrogen-bond donors (Lipinski definition) is 2. The summed E-state index contributed by atoms with van der Waals surface area (Å²) in [5, 5.41) is 5.68. The van der Waals surface area contributed by atoms with Crippen LogP contribution in [0.3, 0.4) is 0 Å². The monoisotopic (exact) mass is 361 g/mol. The van der Waals surface area contributed by atoms with Crippen LogP contribution in [0.4, 0.5) is 11.4 Å². The lowest BCUT2D eigenvalue weighted by Crippen LogP contribution is -2.45. The second-order valence-corrected chi connectivity index (χ2v) is 7.03. The molecule has 0 aromatic heterocycles. The molecule has 1 aliphatic rings. The Morgan fingerprint density at radius 1 is 1.15 bits per heavy atom. The van der Waals surface area contributed by atoms with Crippen molar-refractivity contribution >= 4 is 23.2 Å². The first-order chi connectivity index (χ1) is 12.4. The number of amides is 2. The van der Waals surface area contributed by atoms with E-state index >= 15 is 0 Å². The minimum absolute atomic E-state index is 0.0608. The molecule has 0 unspecified atom stereocenters. The Balaban J connectivity index is 1.88. The highest BCUT2D eigenvalue weighted by atomic mass is 16.5. The van der Waals surface area contributed by atoms with E-state index in [0.29, 0.717) is 32.1 Å². The van der Waals surface area contributed by atoms with Crippen LogP contribution in [0.1, 0.15) is 40.5 Å².